The van der Waals surface area contributed by atoms with E-state index in [2.05, 4.69) is 47.5 Å². The van der Waals surface area contributed by atoms with Crippen LogP contribution in [0.15, 0.2) is 6.20 Å². The van der Waals surface area contributed by atoms with E-state index in [9.17, 15) is 0 Å². The molecule has 0 aromatic carbocycles. The van der Waals surface area contributed by atoms with Crippen molar-refractivity contribution in [1.29, 1.82) is 0 Å². The first-order chi connectivity index (χ1) is 9.19. The van der Waals surface area contributed by atoms with Crippen LogP contribution in [0.25, 0.3) is 0 Å². The minimum atomic E-state index is 0.616. The molecule has 1 fully saturated rings. The summed E-state index contributed by atoms with van der Waals surface area (Å²) in [6, 6.07) is 0.616. The maximum Gasteiger partial charge on any atom is 0.0964 e. The van der Waals surface area contributed by atoms with Gasteiger partial charge in [-0.3, -0.25) is 9.58 Å². The Balaban J connectivity index is 1.77. The van der Waals surface area contributed by atoms with Crippen LogP contribution in [0.2, 0.25) is 0 Å². The first-order valence-electron chi connectivity index (χ1n) is 7.52. The fourth-order valence-electron chi connectivity index (χ4n) is 2.21. The molecule has 1 N–H and O–H groups in total. The molecule has 1 aliphatic rings. The van der Waals surface area contributed by atoms with Crippen molar-refractivity contribution in [3.8, 4) is 0 Å². The van der Waals surface area contributed by atoms with Gasteiger partial charge in [0.25, 0.3) is 0 Å². The zero-order valence-corrected chi connectivity index (χ0v) is 12.5. The number of hydrogen-bond donors (Lipinski definition) is 1. The third-order valence-electron chi connectivity index (χ3n) is 3.68. The lowest BCUT2D eigenvalue weighted by Gasteiger charge is -2.26. The lowest BCUT2D eigenvalue weighted by molar-refractivity contribution is 0.201. The Morgan fingerprint density at radius 2 is 2.26 bits per heavy atom. The minimum absolute atomic E-state index is 0.616. The van der Waals surface area contributed by atoms with E-state index in [1.54, 1.807) is 0 Å². The van der Waals surface area contributed by atoms with Crippen molar-refractivity contribution in [1.82, 2.24) is 25.2 Å². The van der Waals surface area contributed by atoms with Crippen molar-refractivity contribution in [3.63, 3.8) is 0 Å². The topological polar surface area (TPSA) is 46.0 Å². The van der Waals surface area contributed by atoms with Crippen molar-refractivity contribution >= 4 is 0 Å². The Labute approximate surface area is 116 Å². The molecule has 1 heterocycles. The van der Waals surface area contributed by atoms with Gasteiger partial charge in [0, 0.05) is 31.9 Å². The Morgan fingerprint density at radius 1 is 1.47 bits per heavy atom. The molecule has 0 spiro atoms. The summed E-state index contributed by atoms with van der Waals surface area (Å²) < 4.78 is 1.97. The van der Waals surface area contributed by atoms with Gasteiger partial charge in [-0.2, -0.15) is 0 Å². The molecule has 0 saturated heterocycles. The average Bonchev–Trinajstić information content (AvgIpc) is 3.09. The lowest BCUT2D eigenvalue weighted by Crippen LogP contribution is -2.35. The predicted molar refractivity (Wildman–Crippen MR) is 76.8 cm³/mol. The number of rotatable bonds is 9. The molecule has 0 atom stereocenters. The minimum Gasteiger partial charge on any atom is -0.311 e. The average molecular weight is 265 g/mol. The molecular formula is C14H27N5. The lowest BCUT2D eigenvalue weighted by atomic mass is 10.2. The van der Waals surface area contributed by atoms with Crippen LogP contribution >= 0.6 is 0 Å². The fraction of sp³-hybridized carbons (Fsp3) is 0.857. The normalized spacial score (nSPS) is 15.6. The van der Waals surface area contributed by atoms with Crippen molar-refractivity contribution < 1.29 is 0 Å². The van der Waals surface area contributed by atoms with Crippen LogP contribution in [-0.4, -0.2) is 45.6 Å². The summed E-state index contributed by atoms with van der Waals surface area (Å²) in [5.74, 6) is 0.947. The first-order valence-corrected chi connectivity index (χ1v) is 7.52. The standard InChI is InChI=1S/C14H27N5/c1-4-15-9-14-11-19(17-16-14)8-7-18(12(2)3)10-13-5-6-13/h11-13,15H,4-10H2,1-3H3. The van der Waals surface area contributed by atoms with E-state index in [1.165, 1.54) is 19.4 Å². The van der Waals surface area contributed by atoms with Crippen LogP contribution in [0.3, 0.4) is 0 Å². The monoisotopic (exact) mass is 265 g/mol. The van der Waals surface area contributed by atoms with Crippen LogP contribution in [-0.2, 0) is 13.1 Å². The number of nitrogens with zero attached hydrogens (tertiary/aromatic N) is 4. The van der Waals surface area contributed by atoms with E-state index in [1.807, 2.05) is 4.68 Å². The molecule has 0 unspecified atom stereocenters. The molecule has 0 aliphatic heterocycles. The van der Waals surface area contributed by atoms with Gasteiger partial charge in [-0.15, -0.1) is 5.10 Å². The van der Waals surface area contributed by atoms with Crippen LogP contribution in [0.4, 0.5) is 0 Å². The zero-order valence-electron chi connectivity index (χ0n) is 12.5. The highest BCUT2D eigenvalue weighted by atomic mass is 15.4. The number of hydrogen-bond acceptors (Lipinski definition) is 4. The van der Waals surface area contributed by atoms with Crippen LogP contribution < -0.4 is 5.32 Å². The fourth-order valence-corrected chi connectivity index (χ4v) is 2.21. The van der Waals surface area contributed by atoms with E-state index in [0.29, 0.717) is 6.04 Å². The third-order valence-corrected chi connectivity index (χ3v) is 3.68. The second-order valence-electron chi connectivity index (χ2n) is 5.79. The largest absolute Gasteiger partial charge is 0.311 e. The smallest absolute Gasteiger partial charge is 0.0964 e. The maximum absolute atomic E-state index is 4.20. The van der Waals surface area contributed by atoms with Gasteiger partial charge in [0.05, 0.1) is 12.2 Å². The molecule has 0 bridgehead atoms. The summed E-state index contributed by atoms with van der Waals surface area (Å²) in [6.45, 7) is 11.7. The van der Waals surface area contributed by atoms with Crippen molar-refractivity contribution in [2.24, 2.45) is 5.92 Å². The quantitative estimate of drug-likeness (QED) is 0.735. The summed E-state index contributed by atoms with van der Waals surface area (Å²) >= 11 is 0. The highest BCUT2D eigenvalue weighted by molar-refractivity contribution is 4.91. The van der Waals surface area contributed by atoms with Gasteiger partial charge in [0.1, 0.15) is 0 Å². The predicted octanol–water partition coefficient (Wildman–Crippen LogP) is 1.51. The second kappa shape index (κ2) is 7.01. The van der Waals surface area contributed by atoms with E-state index >= 15 is 0 Å². The molecule has 1 aromatic heterocycles. The molecule has 108 valence electrons. The Bertz CT molecular complexity index is 370. The Hall–Kier alpha value is -0.940. The van der Waals surface area contributed by atoms with Crippen molar-refractivity contribution in [2.45, 2.75) is 52.7 Å². The number of aromatic nitrogens is 3. The van der Waals surface area contributed by atoms with Crippen molar-refractivity contribution in [3.05, 3.63) is 11.9 Å². The van der Waals surface area contributed by atoms with Gasteiger partial charge >= 0.3 is 0 Å². The van der Waals surface area contributed by atoms with E-state index in [0.717, 1.165) is 37.8 Å². The SMILES string of the molecule is CCNCc1cn(CCN(CC2CC2)C(C)C)nn1. The van der Waals surface area contributed by atoms with Gasteiger partial charge in [-0.05, 0) is 39.2 Å². The van der Waals surface area contributed by atoms with Crippen LogP contribution in [0.1, 0.15) is 39.3 Å². The summed E-state index contributed by atoms with van der Waals surface area (Å²) in [5.41, 5.74) is 1.03. The van der Waals surface area contributed by atoms with Gasteiger partial charge < -0.3 is 5.32 Å². The molecule has 1 aliphatic carbocycles. The molecule has 1 saturated carbocycles. The van der Waals surface area contributed by atoms with Crippen LogP contribution in [0.5, 0.6) is 0 Å². The van der Waals surface area contributed by atoms with Crippen LogP contribution in [0, 0.1) is 5.92 Å². The molecule has 1 aromatic rings. The molecule has 2 rings (SSSR count). The summed E-state index contributed by atoms with van der Waals surface area (Å²) in [7, 11) is 0. The summed E-state index contributed by atoms with van der Waals surface area (Å²) in [4.78, 5) is 2.56. The van der Waals surface area contributed by atoms with Gasteiger partial charge in [-0.1, -0.05) is 12.1 Å². The Kier molecular flexibility index (Phi) is 5.34. The second-order valence-corrected chi connectivity index (χ2v) is 5.79. The van der Waals surface area contributed by atoms with Crippen molar-refractivity contribution in [2.75, 3.05) is 19.6 Å². The third kappa shape index (κ3) is 4.91. The van der Waals surface area contributed by atoms with Gasteiger partial charge in [0.2, 0.25) is 0 Å². The molecule has 0 radical (unpaired) electrons. The first kappa shape index (κ1) is 14.5. The molecular weight excluding hydrogens is 238 g/mol. The van der Waals surface area contributed by atoms with E-state index < -0.39 is 0 Å². The maximum atomic E-state index is 4.20. The highest BCUT2D eigenvalue weighted by Gasteiger charge is 2.25. The van der Waals surface area contributed by atoms with Gasteiger partial charge in [-0.25, -0.2) is 0 Å². The molecule has 5 heteroatoms. The zero-order chi connectivity index (χ0) is 13.7. The molecule has 5 nitrogen and oxygen atoms in total. The summed E-state index contributed by atoms with van der Waals surface area (Å²) in [6.07, 6.45) is 4.89. The molecule has 0 amide bonds. The highest BCUT2D eigenvalue weighted by Crippen LogP contribution is 2.30. The molecule has 19 heavy (non-hydrogen) atoms. The van der Waals surface area contributed by atoms with E-state index in [-0.39, 0.29) is 0 Å². The Morgan fingerprint density at radius 3 is 2.89 bits per heavy atom. The van der Waals surface area contributed by atoms with Gasteiger partial charge in [0.15, 0.2) is 0 Å². The summed E-state index contributed by atoms with van der Waals surface area (Å²) in [5, 5.41) is 11.6. The van der Waals surface area contributed by atoms with E-state index in [4.69, 9.17) is 0 Å². The number of nitrogens with one attached hydrogen (secondary N) is 1.